The predicted molar refractivity (Wildman–Crippen MR) is 106 cm³/mol. The molecule has 0 saturated carbocycles. The molecule has 0 fully saturated rings. The largest absolute Gasteiger partial charge is 0.367 e. The summed E-state index contributed by atoms with van der Waals surface area (Å²) < 4.78 is 1.78. The monoisotopic (exact) mass is 341 g/mol. The quantitative estimate of drug-likeness (QED) is 0.576. The Balaban J connectivity index is 1.94. The third kappa shape index (κ3) is 2.92. The molecule has 0 unspecified atom stereocenters. The maximum Gasteiger partial charge on any atom is 0.238 e. The average Bonchev–Trinajstić information content (AvgIpc) is 2.97. The lowest BCUT2D eigenvalue weighted by atomic mass is 9.69. The van der Waals surface area contributed by atoms with E-state index in [0.29, 0.717) is 6.42 Å². The summed E-state index contributed by atoms with van der Waals surface area (Å²) in [4.78, 5) is 8.98. The van der Waals surface area contributed by atoms with Gasteiger partial charge in [-0.3, -0.25) is 4.98 Å². The minimum atomic E-state index is -0.398. The molecule has 0 saturated heterocycles. The van der Waals surface area contributed by atoms with Crippen molar-refractivity contribution in [3.8, 4) is 11.1 Å². The first kappa shape index (κ1) is 16.6. The van der Waals surface area contributed by atoms with E-state index in [1.165, 1.54) is 5.56 Å². The van der Waals surface area contributed by atoms with Gasteiger partial charge in [0.1, 0.15) is 0 Å². The van der Waals surface area contributed by atoms with Crippen LogP contribution in [0.3, 0.4) is 0 Å². The number of anilines is 1. The zero-order chi connectivity index (χ0) is 18.5. The molecule has 0 atom stereocenters. The summed E-state index contributed by atoms with van der Waals surface area (Å²) in [6, 6.07) is 10.4. The van der Waals surface area contributed by atoms with Crippen LogP contribution in [-0.4, -0.2) is 27.4 Å². The molecule has 0 aliphatic heterocycles. The Morgan fingerprint density at radius 1 is 1.19 bits per heavy atom. The minimum absolute atomic E-state index is 0.245. The van der Waals surface area contributed by atoms with Gasteiger partial charge in [-0.05, 0) is 42.7 Å². The van der Waals surface area contributed by atoms with Gasteiger partial charge in [-0.15, -0.1) is 5.10 Å². The molecule has 2 radical (unpaired) electrons. The smallest absolute Gasteiger partial charge is 0.238 e. The summed E-state index contributed by atoms with van der Waals surface area (Å²) in [7, 11) is 6.24. The number of hydrogen-bond acceptors (Lipinski definition) is 4. The SMILES string of the molecule is [B]C(C)(C)Cc1nc(N)nn2ccc(-c3ccc4c(C)ccnc4c3)c12. The van der Waals surface area contributed by atoms with Gasteiger partial charge < -0.3 is 5.73 Å². The molecule has 26 heavy (non-hydrogen) atoms. The second kappa shape index (κ2) is 5.83. The molecule has 5 nitrogen and oxygen atoms in total. The van der Waals surface area contributed by atoms with Gasteiger partial charge in [-0.25, -0.2) is 9.50 Å². The van der Waals surface area contributed by atoms with Gasteiger partial charge in [0.05, 0.1) is 24.6 Å². The highest BCUT2D eigenvalue weighted by atomic mass is 15.3. The van der Waals surface area contributed by atoms with Gasteiger partial charge >= 0.3 is 0 Å². The number of rotatable bonds is 3. The van der Waals surface area contributed by atoms with Crippen LogP contribution in [0.15, 0.2) is 42.7 Å². The van der Waals surface area contributed by atoms with Crippen molar-refractivity contribution in [2.24, 2.45) is 0 Å². The summed E-state index contributed by atoms with van der Waals surface area (Å²) in [5, 5.41) is 5.07. The fraction of sp³-hybridized carbons (Fsp3) is 0.250. The number of benzene rings is 1. The van der Waals surface area contributed by atoms with E-state index in [2.05, 4.69) is 40.2 Å². The van der Waals surface area contributed by atoms with Crippen molar-refractivity contribution in [1.82, 2.24) is 19.6 Å². The summed E-state index contributed by atoms with van der Waals surface area (Å²) in [6.07, 6.45) is 4.35. The Bertz CT molecular complexity index is 1120. The lowest BCUT2D eigenvalue weighted by Gasteiger charge is -2.19. The molecular formula is C20H20BN5. The Morgan fingerprint density at radius 3 is 2.77 bits per heavy atom. The van der Waals surface area contributed by atoms with Gasteiger partial charge in [0.25, 0.3) is 0 Å². The van der Waals surface area contributed by atoms with Crippen molar-refractivity contribution in [2.75, 3.05) is 5.73 Å². The zero-order valence-electron chi connectivity index (χ0n) is 15.2. The van der Waals surface area contributed by atoms with Gasteiger partial charge in [0.2, 0.25) is 5.95 Å². The van der Waals surface area contributed by atoms with E-state index in [0.717, 1.165) is 33.2 Å². The second-order valence-corrected chi connectivity index (χ2v) is 7.46. The Morgan fingerprint density at radius 2 is 2.00 bits per heavy atom. The maximum absolute atomic E-state index is 6.24. The van der Waals surface area contributed by atoms with Crippen molar-refractivity contribution in [3.05, 3.63) is 54.0 Å². The number of nitrogens with zero attached hydrogens (tertiary/aromatic N) is 4. The predicted octanol–water partition coefficient (Wildman–Crippen LogP) is 3.74. The van der Waals surface area contributed by atoms with Crippen LogP contribution in [0.2, 0.25) is 5.31 Å². The Hall–Kier alpha value is -2.89. The molecule has 0 aliphatic rings. The molecule has 0 aliphatic carbocycles. The fourth-order valence-electron chi connectivity index (χ4n) is 3.36. The molecule has 2 N–H and O–H groups in total. The normalized spacial score (nSPS) is 12.1. The third-order valence-electron chi connectivity index (χ3n) is 4.49. The van der Waals surface area contributed by atoms with Crippen LogP contribution in [-0.2, 0) is 6.42 Å². The van der Waals surface area contributed by atoms with Crippen molar-refractivity contribution in [2.45, 2.75) is 32.5 Å². The lowest BCUT2D eigenvalue weighted by Crippen LogP contribution is -2.12. The number of nitrogens with two attached hydrogens (primary N) is 1. The zero-order valence-corrected chi connectivity index (χ0v) is 15.2. The van der Waals surface area contributed by atoms with Crippen molar-refractivity contribution in [1.29, 1.82) is 0 Å². The molecule has 4 aromatic rings. The number of nitrogen functional groups attached to an aromatic ring is 1. The van der Waals surface area contributed by atoms with Crippen LogP contribution in [0.1, 0.15) is 25.1 Å². The fourth-order valence-corrected chi connectivity index (χ4v) is 3.36. The van der Waals surface area contributed by atoms with Gasteiger partial charge in [-0.1, -0.05) is 31.3 Å². The van der Waals surface area contributed by atoms with E-state index >= 15 is 0 Å². The highest BCUT2D eigenvalue weighted by Gasteiger charge is 2.19. The van der Waals surface area contributed by atoms with Crippen molar-refractivity contribution in [3.63, 3.8) is 0 Å². The average molecular weight is 341 g/mol. The molecule has 1 aromatic carbocycles. The number of fused-ring (bicyclic) bond motifs is 2. The van der Waals surface area contributed by atoms with E-state index in [-0.39, 0.29) is 5.95 Å². The summed E-state index contributed by atoms with van der Waals surface area (Å²) in [6.45, 7) is 6.05. The van der Waals surface area contributed by atoms with E-state index in [9.17, 15) is 0 Å². The van der Waals surface area contributed by atoms with E-state index in [4.69, 9.17) is 13.6 Å². The molecule has 0 bridgehead atoms. The van der Waals surface area contributed by atoms with Gasteiger partial charge in [0, 0.05) is 23.3 Å². The molecular weight excluding hydrogens is 321 g/mol. The van der Waals surface area contributed by atoms with Crippen LogP contribution in [0.4, 0.5) is 5.95 Å². The standard InChI is InChI=1S/C20H20BN5/c1-12-6-8-23-16-10-13(4-5-14(12)16)15-7-9-26-18(15)17(11-20(2,3)21)24-19(22)25-26/h4-10H,11H2,1-3H3,(H2,22,25). The van der Waals surface area contributed by atoms with Crippen molar-refractivity contribution < 1.29 is 0 Å². The molecule has 3 heterocycles. The first-order valence-electron chi connectivity index (χ1n) is 8.60. The minimum Gasteiger partial charge on any atom is -0.367 e. The third-order valence-corrected chi connectivity index (χ3v) is 4.49. The van der Waals surface area contributed by atoms with Crippen molar-refractivity contribution >= 4 is 30.2 Å². The molecule has 0 amide bonds. The second-order valence-electron chi connectivity index (χ2n) is 7.46. The van der Waals surface area contributed by atoms with E-state index < -0.39 is 5.31 Å². The van der Waals surface area contributed by atoms with Crippen LogP contribution in [0.5, 0.6) is 0 Å². The topological polar surface area (TPSA) is 69.1 Å². The van der Waals surface area contributed by atoms with Gasteiger partial charge in [-0.2, -0.15) is 0 Å². The van der Waals surface area contributed by atoms with Gasteiger partial charge in [0.15, 0.2) is 0 Å². The number of aromatic nitrogens is 4. The summed E-state index contributed by atoms with van der Waals surface area (Å²) >= 11 is 0. The number of aryl methyl sites for hydroxylation is 1. The first-order valence-corrected chi connectivity index (χ1v) is 8.60. The Kier molecular flexibility index (Phi) is 3.72. The number of hydrogen-bond donors (Lipinski definition) is 1. The van der Waals surface area contributed by atoms with Crippen LogP contribution < -0.4 is 5.73 Å². The molecule has 0 spiro atoms. The van der Waals surface area contributed by atoms with Crippen LogP contribution in [0, 0.1) is 6.92 Å². The summed E-state index contributed by atoms with van der Waals surface area (Å²) in [5.41, 5.74) is 12.0. The Labute approximate surface area is 153 Å². The first-order chi connectivity index (χ1) is 12.3. The summed E-state index contributed by atoms with van der Waals surface area (Å²) in [5.74, 6) is 0.245. The maximum atomic E-state index is 6.24. The molecule has 3 aromatic heterocycles. The van der Waals surface area contributed by atoms with Crippen LogP contribution >= 0.6 is 0 Å². The lowest BCUT2D eigenvalue weighted by molar-refractivity contribution is 0.661. The molecule has 6 heteroatoms. The van der Waals surface area contributed by atoms with E-state index in [1.807, 2.05) is 38.4 Å². The number of pyridine rings is 1. The van der Waals surface area contributed by atoms with E-state index in [1.54, 1.807) is 4.52 Å². The highest BCUT2D eigenvalue weighted by Crippen LogP contribution is 2.33. The highest BCUT2D eigenvalue weighted by molar-refractivity contribution is 6.14. The van der Waals surface area contributed by atoms with Crippen LogP contribution in [0.25, 0.3) is 27.5 Å². The molecule has 4 rings (SSSR count). The molecule has 128 valence electrons.